The van der Waals surface area contributed by atoms with Gasteiger partial charge in [0, 0.05) is 28.7 Å². The number of carbonyl (C=O) groups is 1. The first kappa shape index (κ1) is 23.7. The van der Waals surface area contributed by atoms with Crippen molar-refractivity contribution in [1.29, 1.82) is 0 Å². The van der Waals surface area contributed by atoms with Gasteiger partial charge in [-0.2, -0.15) is 13.2 Å². The fourth-order valence-electron chi connectivity index (χ4n) is 4.59. The number of rotatable bonds is 5. The third-order valence-corrected chi connectivity index (χ3v) is 6.37. The van der Waals surface area contributed by atoms with Crippen molar-refractivity contribution in [3.63, 3.8) is 0 Å². The lowest BCUT2D eigenvalue weighted by molar-refractivity contribution is -0.140. The number of amides is 1. The smallest absolute Gasteiger partial charge is 0.382 e. The van der Waals surface area contributed by atoms with Gasteiger partial charge in [0.1, 0.15) is 12.0 Å². The summed E-state index contributed by atoms with van der Waals surface area (Å²) in [4.78, 5) is 16.6. The van der Waals surface area contributed by atoms with Gasteiger partial charge in [-0.25, -0.2) is 9.67 Å². The number of nitrogens with zero attached hydrogens (tertiary/aromatic N) is 5. The van der Waals surface area contributed by atoms with E-state index >= 15 is 0 Å². The number of benzene rings is 2. The molecule has 186 valence electrons. The zero-order valence-electron chi connectivity index (χ0n) is 19.5. The van der Waals surface area contributed by atoms with Crippen molar-refractivity contribution in [3.8, 4) is 5.69 Å². The van der Waals surface area contributed by atoms with Crippen LogP contribution in [0.4, 0.5) is 18.9 Å². The lowest BCUT2D eigenvalue weighted by Crippen LogP contribution is -2.41. The van der Waals surface area contributed by atoms with Crippen LogP contribution in [-0.4, -0.2) is 43.2 Å². The number of alkyl halides is 3. The van der Waals surface area contributed by atoms with Crippen LogP contribution in [-0.2, 0) is 6.18 Å². The van der Waals surface area contributed by atoms with Gasteiger partial charge in [-0.3, -0.25) is 4.79 Å². The molecule has 1 fully saturated rings. The van der Waals surface area contributed by atoms with Crippen LogP contribution in [0.1, 0.15) is 47.3 Å². The molecule has 8 nitrogen and oxygen atoms in total. The molecule has 4 aromatic rings. The van der Waals surface area contributed by atoms with Gasteiger partial charge in [0.25, 0.3) is 5.91 Å². The van der Waals surface area contributed by atoms with E-state index in [1.54, 1.807) is 36.4 Å². The first-order valence-corrected chi connectivity index (χ1v) is 11.7. The Morgan fingerprint density at radius 1 is 1.06 bits per heavy atom. The van der Waals surface area contributed by atoms with Gasteiger partial charge in [-0.1, -0.05) is 11.6 Å². The van der Waals surface area contributed by atoms with Gasteiger partial charge >= 0.3 is 6.18 Å². The third kappa shape index (κ3) is 5.14. The molecule has 0 bridgehead atoms. The van der Waals surface area contributed by atoms with Crippen LogP contribution in [0.15, 0.2) is 54.9 Å². The molecule has 11 heteroatoms. The standard InChI is InChI=1S/C25H24F3N7O/c1-15-5-10-21-20(11-15)22(13-23(32-21)25(26,27)28)30-17-3-2-4-18(12-17)31-24(36)16-6-8-19(9-7-16)35-14-29-33-34-35/h5-11,13-14,17-18H,2-4,12H2,1H3,(H,30,32)(H,31,36). The molecule has 0 spiro atoms. The van der Waals surface area contributed by atoms with Crippen LogP contribution in [0.5, 0.6) is 0 Å². The van der Waals surface area contributed by atoms with E-state index in [4.69, 9.17) is 0 Å². The Bertz CT molecular complexity index is 1370. The maximum absolute atomic E-state index is 13.5. The summed E-state index contributed by atoms with van der Waals surface area (Å²) in [5, 5.41) is 18.0. The highest BCUT2D eigenvalue weighted by Crippen LogP contribution is 2.34. The summed E-state index contributed by atoms with van der Waals surface area (Å²) < 4.78 is 41.9. The zero-order valence-corrected chi connectivity index (χ0v) is 19.5. The average Bonchev–Trinajstić information content (AvgIpc) is 3.39. The summed E-state index contributed by atoms with van der Waals surface area (Å²) in [6, 6.07) is 13.0. The van der Waals surface area contributed by atoms with E-state index in [-0.39, 0.29) is 18.0 Å². The second kappa shape index (κ2) is 9.56. The molecule has 2 aromatic carbocycles. The number of halogens is 3. The van der Waals surface area contributed by atoms with Crippen molar-refractivity contribution in [2.75, 3.05) is 5.32 Å². The van der Waals surface area contributed by atoms with Crippen molar-refractivity contribution in [3.05, 3.63) is 71.7 Å². The molecular weight excluding hydrogens is 471 g/mol. The van der Waals surface area contributed by atoms with Crippen molar-refractivity contribution in [1.82, 2.24) is 30.5 Å². The number of tetrazole rings is 1. The first-order chi connectivity index (χ1) is 17.3. The molecule has 2 N–H and O–H groups in total. The molecular formula is C25H24F3N7O. The molecule has 2 unspecified atom stereocenters. The molecule has 0 aliphatic heterocycles. The van der Waals surface area contributed by atoms with Crippen LogP contribution in [0.25, 0.3) is 16.6 Å². The Morgan fingerprint density at radius 3 is 2.56 bits per heavy atom. The topological polar surface area (TPSA) is 97.6 Å². The number of anilines is 1. The highest BCUT2D eigenvalue weighted by atomic mass is 19.4. The summed E-state index contributed by atoms with van der Waals surface area (Å²) in [5.74, 6) is -0.201. The van der Waals surface area contributed by atoms with Crippen molar-refractivity contribution < 1.29 is 18.0 Å². The summed E-state index contributed by atoms with van der Waals surface area (Å²) >= 11 is 0. The molecule has 1 amide bonds. The second-order valence-electron chi connectivity index (χ2n) is 9.05. The van der Waals surface area contributed by atoms with Crippen molar-refractivity contribution in [2.45, 2.75) is 50.9 Å². The van der Waals surface area contributed by atoms with Gasteiger partial charge in [0.15, 0.2) is 0 Å². The number of pyridine rings is 1. The second-order valence-corrected chi connectivity index (χ2v) is 9.05. The van der Waals surface area contributed by atoms with Crippen LogP contribution in [0.2, 0.25) is 0 Å². The molecule has 0 saturated heterocycles. The number of aryl methyl sites for hydroxylation is 1. The van der Waals surface area contributed by atoms with Gasteiger partial charge < -0.3 is 10.6 Å². The van der Waals surface area contributed by atoms with E-state index < -0.39 is 11.9 Å². The predicted octanol–water partition coefficient (Wildman–Crippen LogP) is 4.69. The Balaban J connectivity index is 1.29. The van der Waals surface area contributed by atoms with Gasteiger partial charge in [0.2, 0.25) is 0 Å². The molecule has 5 rings (SSSR count). The minimum Gasteiger partial charge on any atom is -0.382 e. The first-order valence-electron chi connectivity index (χ1n) is 11.7. The minimum atomic E-state index is -4.54. The summed E-state index contributed by atoms with van der Waals surface area (Å²) in [6.07, 6.45) is -0.0329. The molecule has 2 atom stereocenters. The van der Waals surface area contributed by atoms with Crippen LogP contribution < -0.4 is 10.6 Å². The third-order valence-electron chi connectivity index (χ3n) is 6.37. The molecule has 2 heterocycles. The van der Waals surface area contributed by atoms with Crippen LogP contribution >= 0.6 is 0 Å². The number of hydrogen-bond acceptors (Lipinski definition) is 6. The van der Waals surface area contributed by atoms with Crippen LogP contribution in [0, 0.1) is 6.92 Å². The summed E-state index contributed by atoms with van der Waals surface area (Å²) in [6.45, 7) is 1.89. The van der Waals surface area contributed by atoms with Gasteiger partial charge in [-0.15, -0.1) is 5.10 Å². The summed E-state index contributed by atoms with van der Waals surface area (Å²) in [7, 11) is 0. The van der Waals surface area contributed by atoms with Crippen LogP contribution in [0.3, 0.4) is 0 Å². The molecule has 36 heavy (non-hydrogen) atoms. The largest absolute Gasteiger partial charge is 0.433 e. The maximum Gasteiger partial charge on any atom is 0.433 e. The number of hydrogen-bond donors (Lipinski definition) is 2. The molecule has 1 aliphatic rings. The van der Waals surface area contributed by atoms with E-state index in [9.17, 15) is 18.0 Å². The van der Waals surface area contributed by atoms with E-state index in [2.05, 4.69) is 31.1 Å². The van der Waals surface area contributed by atoms with E-state index in [0.717, 1.165) is 36.6 Å². The fraction of sp³-hybridized carbons (Fsp3) is 0.320. The highest BCUT2D eigenvalue weighted by Gasteiger charge is 2.34. The normalized spacial score (nSPS) is 18.2. The highest BCUT2D eigenvalue weighted by molar-refractivity contribution is 5.94. The van der Waals surface area contributed by atoms with Gasteiger partial charge in [0.05, 0.1) is 11.2 Å². The average molecular weight is 496 g/mol. The fourth-order valence-corrected chi connectivity index (χ4v) is 4.59. The van der Waals surface area contributed by atoms with Crippen molar-refractivity contribution in [2.24, 2.45) is 0 Å². The molecule has 1 aliphatic carbocycles. The Hall–Kier alpha value is -4.02. The minimum absolute atomic E-state index is 0.0848. The molecule has 1 saturated carbocycles. The number of nitrogens with one attached hydrogen (secondary N) is 2. The van der Waals surface area contributed by atoms with E-state index in [0.29, 0.717) is 28.6 Å². The Labute approximate surface area is 204 Å². The lowest BCUT2D eigenvalue weighted by atomic mass is 9.90. The lowest BCUT2D eigenvalue weighted by Gasteiger charge is -2.31. The molecule has 2 aromatic heterocycles. The zero-order chi connectivity index (χ0) is 25.3. The van der Waals surface area contributed by atoms with E-state index in [1.165, 1.54) is 11.0 Å². The van der Waals surface area contributed by atoms with Crippen molar-refractivity contribution >= 4 is 22.5 Å². The number of aromatic nitrogens is 5. The predicted molar refractivity (Wildman–Crippen MR) is 128 cm³/mol. The Kier molecular flexibility index (Phi) is 6.29. The van der Waals surface area contributed by atoms with E-state index in [1.807, 2.05) is 13.0 Å². The SMILES string of the molecule is Cc1ccc2nc(C(F)(F)F)cc(NC3CCCC(NC(=O)c4ccc(-n5cnnn5)cc4)C3)c2c1. The maximum atomic E-state index is 13.5. The Morgan fingerprint density at radius 2 is 1.83 bits per heavy atom. The molecule has 0 radical (unpaired) electrons. The summed E-state index contributed by atoms with van der Waals surface area (Å²) in [5.41, 5.74) is 1.96. The quantitative estimate of drug-likeness (QED) is 0.417. The monoisotopic (exact) mass is 495 g/mol. The van der Waals surface area contributed by atoms with Gasteiger partial charge in [-0.05, 0) is 85.5 Å². The number of carbonyl (C=O) groups excluding carboxylic acids is 1. The number of fused-ring (bicyclic) bond motifs is 1.